The molecule has 1 atom stereocenters. The van der Waals surface area contributed by atoms with Crippen molar-refractivity contribution in [2.24, 2.45) is 0 Å². The molecule has 0 radical (unpaired) electrons. The number of nitrogens with zero attached hydrogens (tertiary/aromatic N) is 2. The first-order chi connectivity index (χ1) is 9.56. The highest BCUT2D eigenvalue weighted by Crippen LogP contribution is 2.16. The van der Waals surface area contributed by atoms with Gasteiger partial charge in [-0.15, -0.1) is 0 Å². The zero-order chi connectivity index (χ0) is 15.0. The number of likely N-dealkylation sites (N-methyl/N-ethyl adjacent to an activating group) is 1. The van der Waals surface area contributed by atoms with E-state index in [2.05, 4.69) is 5.32 Å². The summed E-state index contributed by atoms with van der Waals surface area (Å²) in [4.78, 5) is 0. The maximum absolute atomic E-state index is 12.7. The van der Waals surface area contributed by atoms with Gasteiger partial charge < -0.3 is 14.8 Å². The van der Waals surface area contributed by atoms with Crippen molar-refractivity contribution < 1.29 is 17.9 Å². The molecule has 1 fully saturated rings. The lowest BCUT2D eigenvalue weighted by atomic mass is 10.1. The normalized spacial score (nSPS) is 21.5. The average Bonchev–Trinajstić information content (AvgIpc) is 2.47. The van der Waals surface area contributed by atoms with E-state index in [1.807, 2.05) is 7.05 Å². The van der Waals surface area contributed by atoms with Crippen molar-refractivity contribution >= 4 is 10.2 Å². The van der Waals surface area contributed by atoms with Gasteiger partial charge in [0.05, 0.1) is 13.2 Å². The molecule has 1 saturated heterocycles. The Bertz CT molecular complexity index is 356. The van der Waals surface area contributed by atoms with Crippen LogP contribution in [0.3, 0.4) is 0 Å². The van der Waals surface area contributed by atoms with Gasteiger partial charge in [-0.1, -0.05) is 0 Å². The monoisotopic (exact) mass is 309 g/mol. The van der Waals surface area contributed by atoms with Gasteiger partial charge in [0.1, 0.15) is 0 Å². The molecule has 1 N–H and O–H groups in total. The molecule has 1 aliphatic heterocycles. The van der Waals surface area contributed by atoms with E-state index in [0.29, 0.717) is 39.4 Å². The number of nitrogens with one attached hydrogen (secondary N) is 1. The number of ether oxygens (including phenoxy) is 2. The van der Waals surface area contributed by atoms with Gasteiger partial charge >= 0.3 is 0 Å². The van der Waals surface area contributed by atoms with E-state index in [9.17, 15) is 8.42 Å². The summed E-state index contributed by atoms with van der Waals surface area (Å²) >= 11 is 0. The molecule has 8 heteroatoms. The smallest absolute Gasteiger partial charge is 0.282 e. The first-order valence-electron chi connectivity index (χ1n) is 6.96. The summed E-state index contributed by atoms with van der Waals surface area (Å²) in [5.41, 5.74) is 0. The lowest BCUT2D eigenvalue weighted by molar-refractivity contribution is 0.145. The van der Waals surface area contributed by atoms with Crippen molar-refractivity contribution in [2.45, 2.75) is 18.9 Å². The molecule has 1 heterocycles. The molecule has 0 aromatic rings. The lowest BCUT2D eigenvalue weighted by Crippen LogP contribution is -2.52. The third kappa shape index (κ3) is 4.94. The molecule has 0 aromatic heterocycles. The third-order valence-corrected chi connectivity index (χ3v) is 5.54. The summed E-state index contributed by atoms with van der Waals surface area (Å²) in [6.07, 6.45) is 1.89. The Morgan fingerprint density at radius 3 is 2.35 bits per heavy atom. The van der Waals surface area contributed by atoms with E-state index in [-0.39, 0.29) is 6.04 Å². The maximum atomic E-state index is 12.7. The largest absolute Gasteiger partial charge is 0.383 e. The predicted molar refractivity (Wildman–Crippen MR) is 77.9 cm³/mol. The molecule has 0 amide bonds. The molecule has 0 spiro atoms. The maximum Gasteiger partial charge on any atom is 0.282 e. The molecule has 0 bridgehead atoms. The Hall–Kier alpha value is -0.250. The van der Waals surface area contributed by atoms with Gasteiger partial charge in [-0.2, -0.15) is 17.0 Å². The minimum absolute atomic E-state index is 0.227. The second-order valence-corrected chi connectivity index (χ2v) is 6.81. The van der Waals surface area contributed by atoms with E-state index >= 15 is 0 Å². The molecular weight excluding hydrogens is 282 g/mol. The van der Waals surface area contributed by atoms with Crippen molar-refractivity contribution in [3.63, 3.8) is 0 Å². The van der Waals surface area contributed by atoms with Crippen LogP contribution < -0.4 is 5.32 Å². The minimum atomic E-state index is -3.44. The predicted octanol–water partition coefficient (Wildman–Crippen LogP) is -0.490. The van der Waals surface area contributed by atoms with Crippen LogP contribution in [-0.2, 0) is 19.7 Å². The number of rotatable bonds is 9. The molecule has 0 aliphatic carbocycles. The zero-order valence-electron chi connectivity index (χ0n) is 12.7. The molecular formula is C12H27N3O4S. The molecule has 1 aliphatic rings. The van der Waals surface area contributed by atoms with Crippen LogP contribution in [0.2, 0.25) is 0 Å². The Labute approximate surface area is 122 Å². The molecule has 1 rings (SSSR count). The molecule has 120 valence electrons. The van der Waals surface area contributed by atoms with Crippen LogP contribution >= 0.6 is 0 Å². The zero-order valence-corrected chi connectivity index (χ0v) is 13.5. The fraction of sp³-hybridized carbons (Fsp3) is 1.00. The number of piperidine rings is 1. The Balaban J connectivity index is 2.73. The summed E-state index contributed by atoms with van der Waals surface area (Å²) in [6.45, 7) is 2.57. The summed E-state index contributed by atoms with van der Waals surface area (Å²) in [7, 11) is 1.56. The minimum Gasteiger partial charge on any atom is -0.383 e. The van der Waals surface area contributed by atoms with Gasteiger partial charge in [0.25, 0.3) is 10.2 Å². The van der Waals surface area contributed by atoms with E-state index in [4.69, 9.17) is 9.47 Å². The van der Waals surface area contributed by atoms with E-state index < -0.39 is 10.2 Å². The lowest BCUT2D eigenvalue weighted by Gasteiger charge is -2.35. The Morgan fingerprint density at radius 1 is 1.25 bits per heavy atom. The van der Waals surface area contributed by atoms with Crippen molar-refractivity contribution in [1.82, 2.24) is 13.9 Å². The standard InChI is InChI=1S/C12H27N3O4S/c1-13-12-5-4-6-15(11-12)20(16,17)14(7-9-18-2)8-10-19-3/h12-13H,4-11H2,1-3H3. The van der Waals surface area contributed by atoms with Gasteiger partial charge in [0.2, 0.25) is 0 Å². The van der Waals surface area contributed by atoms with Crippen LogP contribution in [0, 0.1) is 0 Å². The highest BCUT2D eigenvalue weighted by atomic mass is 32.2. The summed E-state index contributed by atoms with van der Waals surface area (Å²) in [5.74, 6) is 0. The second-order valence-electron chi connectivity index (χ2n) is 4.88. The Morgan fingerprint density at radius 2 is 1.85 bits per heavy atom. The fourth-order valence-electron chi connectivity index (χ4n) is 2.28. The van der Waals surface area contributed by atoms with Crippen LogP contribution in [0.25, 0.3) is 0 Å². The molecule has 0 saturated carbocycles. The van der Waals surface area contributed by atoms with Crippen LogP contribution in [0.1, 0.15) is 12.8 Å². The third-order valence-electron chi connectivity index (χ3n) is 3.53. The van der Waals surface area contributed by atoms with Crippen molar-refractivity contribution in [3.05, 3.63) is 0 Å². The van der Waals surface area contributed by atoms with E-state index in [0.717, 1.165) is 12.8 Å². The molecule has 20 heavy (non-hydrogen) atoms. The van der Waals surface area contributed by atoms with E-state index in [1.54, 1.807) is 18.5 Å². The average molecular weight is 309 g/mol. The quantitative estimate of drug-likeness (QED) is 0.622. The van der Waals surface area contributed by atoms with Crippen LogP contribution in [-0.4, -0.2) is 83.7 Å². The van der Waals surface area contributed by atoms with Crippen molar-refractivity contribution in [3.8, 4) is 0 Å². The van der Waals surface area contributed by atoms with Crippen LogP contribution in [0.15, 0.2) is 0 Å². The summed E-state index contributed by atoms with van der Waals surface area (Å²) in [6, 6.07) is 0.227. The van der Waals surface area contributed by atoms with Gasteiger partial charge in [-0.25, -0.2) is 0 Å². The van der Waals surface area contributed by atoms with Gasteiger partial charge in [-0.05, 0) is 19.9 Å². The summed E-state index contributed by atoms with van der Waals surface area (Å²) in [5, 5.41) is 3.16. The van der Waals surface area contributed by atoms with Crippen molar-refractivity contribution in [2.75, 3.05) is 60.7 Å². The number of hydrogen-bond donors (Lipinski definition) is 1. The van der Waals surface area contributed by atoms with Gasteiger partial charge in [0, 0.05) is 46.4 Å². The van der Waals surface area contributed by atoms with Crippen LogP contribution in [0.4, 0.5) is 0 Å². The number of methoxy groups -OCH3 is 2. The number of hydrogen-bond acceptors (Lipinski definition) is 5. The first kappa shape index (κ1) is 17.8. The van der Waals surface area contributed by atoms with Crippen molar-refractivity contribution in [1.29, 1.82) is 0 Å². The highest BCUT2D eigenvalue weighted by Gasteiger charge is 2.32. The summed E-state index contributed by atoms with van der Waals surface area (Å²) < 4.78 is 38.3. The first-order valence-corrected chi connectivity index (χ1v) is 8.36. The fourth-order valence-corrected chi connectivity index (χ4v) is 3.94. The SMILES string of the molecule is CNC1CCCN(S(=O)(=O)N(CCOC)CCOC)C1. The molecule has 0 aromatic carbocycles. The second kappa shape index (κ2) is 8.91. The highest BCUT2D eigenvalue weighted by molar-refractivity contribution is 7.86. The van der Waals surface area contributed by atoms with Crippen LogP contribution in [0.5, 0.6) is 0 Å². The topological polar surface area (TPSA) is 71.1 Å². The Kier molecular flexibility index (Phi) is 7.93. The molecule has 1 unspecified atom stereocenters. The molecule has 7 nitrogen and oxygen atoms in total. The van der Waals surface area contributed by atoms with Gasteiger partial charge in [-0.3, -0.25) is 0 Å². The van der Waals surface area contributed by atoms with Gasteiger partial charge in [0.15, 0.2) is 0 Å². The van der Waals surface area contributed by atoms with E-state index in [1.165, 1.54) is 4.31 Å².